The second-order valence-corrected chi connectivity index (χ2v) is 6.71. The van der Waals surface area contributed by atoms with Gasteiger partial charge in [-0.2, -0.15) is 0 Å². The Balaban J connectivity index is 1.93. The zero-order chi connectivity index (χ0) is 16.2. The summed E-state index contributed by atoms with van der Waals surface area (Å²) in [7, 11) is -3.67. The minimum Gasteiger partial charge on any atom is -0.492 e. The number of aryl methyl sites for hydroxylation is 2. The molecule has 0 saturated heterocycles. The summed E-state index contributed by atoms with van der Waals surface area (Å²) in [5, 5.41) is 0. The molecule has 4 nitrogen and oxygen atoms in total. The van der Waals surface area contributed by atoms with Gasteiger partial charge in [-0.1, -0.05) is 12.1 Å². The Morgan fingerprint density at radius 1 is 1.14 bits per heavy atom. The topological polar surface area (TPSA) is 55.4 Å². The van der Waals surface area contributed by atoms with E-state index in [1.54, 1.807) is 6.92 Å². The van der Waals surface area contributed by atoms with Crippen molar-refractivity contribution in [2.24, 2.45) is 0 Å². The molecule has 0 heterocycles. The number of hydrogen-bond donors (Lipinski definition) is 1. The van der Waals surface area contributed by atoms with Crippen LogP contribution in [0.2, 0.25) is 0 Å². The molecule has 22 heavy (non-hydrogen) atoms. The number of rotatable bonds is 6. The van der Waals surface area contributed by atoms with Crippen LogP contribution in [0, 0.1) is 19.7 Å². The normalized spacial score (nSPS) is 11.4. The van der Waals surface area contributed by atoms with E-state index in [0.717, 1.165) is 11.6 Å². The summed E-state index contributed by atoms with van der Waals surface area (Å²) in [6.07, 6.45) is 0. The van der Waals surface area contributed by atoms with E-state index < -0.39 is 15.8 Å². The number of nitrogens with one attached hydrogen (secondary N) is 1. The second-order valence-electron chi connectivity index (χ2n) is 4.97. The van der Waals surface area contributed by atoms with Crippen LogP contribution in [0.5, 0.6) is 5.75 Å². The summed E-state index contributed by atoms with van der Waals surface area (Å²) in [6.45, 7) is 3.85. The van der Waals surface area contributed by atoms with Crippen LogP contribution in [0.3, 0.4) is 0 Å². The fraction of sp³-hybridized carbons (Fsp3) is 0.250. The number of halogens is 1. The van der Waals surface area contributed by atoms with Crippen LogP contribution in [0.4, 0.5) is 4.39 Å². The third-order valence-electron chi connectivity index (χ3n) is 3.08. The van der Waals surface area contributed by atoms with Crippen molar-refractivity contribution >= 4 is 10.0 Å². The maximum Gasteiger partial charge on any atom is 0.240 e. The van der Waals surface area contributed by atoms with Crippen molar-refractivity contribution in [2.75, 3.05) is 13.2 Å². The minimum atomic E-state index is -3.67. The molecule has 0 bridgehead atoms. The van der Waals surface area contributed by atoms with E-state index in [0.29, 0.717) is 11.3 Å². The monoisotopic (exact) mass is 323 g/mol. The molecule has 0 amide bonds. The van der Waals surface area contributed by atoms with E-state index in [9.17, 15) is 12.8 Å². The van der Waals surface area contributed by atoms with Crippen molar-refractivity contribution in [1.82, 2.24) is 4.72 Å². The average molecular weight is 323 g/mol. The Morgan fingerprint density at radius 2 is 1.91 bits per heavy atom. The summed E-state index contributed by atoms with van der Waals surface area (Å²) in [6, 6.07) is 11.1. The molecule has 0 aliphatic rings. The molecular weight excluding hydrogens is 305 g/mol. The molecule has 0 aliphatic heterocycles. The number of hydrogen-bond acceptors (Lipinski definition) is 3. The van der Waals surface area contributed by atoms with Crippen molar-refractivity contribution in [3.63, 3.8) is 0 Å². The fourth-order valence-electron chi connectivity index (χ4n) is 2.04. The maximum atomic E-state index is 13.0. The van der Waals surface area contributed by atoms with E-state index in [1.165, 1.54) is 12.1 Å². The quantitative estimate of drug-likeness (QED) is 0.832. The molecule has 2 aromatic carbocycles. The Bertz CT molecular complexity index is 760. The first-order valence-corrected chi connectivity index (χ1v) is 8.32. The number of benzene rings is 2. The van der Waals surface area contributed by atoms with Gasteiger partial charge in [-0.15, -0.1) is 0 Å². The maximum absolute atomic E-state index is 13.0. The molecule has 0 aromatic heterocycles. The third kappa shape index (κ3) is 4.29. The highest BCUT2D eigenvalue weighted by Gasteiger charge is 2.16. The van der Waals surface area contributed by atoms with Crippen LogP contribution >= 0.6 is 0 Å². The van der Waals surface area contributed by atoms with Crippen LogP contribution in [-0.4, -0.2) is 21.6 Å². The van der Waals surface area contributed by atoms with Crippen molar-refractivity contribution in [3.05, 3.63) is 59.4 Å². The van der Waals surface area contributed by atoms with Crippen LogP contribution in [-0.2, 0) is 10.0 Å². The largest absolute Gasteiger partial charge is 0.492 e. The molecule has 0 fully saturated rings. The van der Waals surface area contributed by atoms with Gasteiger partial charge in [-0.25, -0.2) is 17.5 Å². The van der Waals surface area contributed by atoms with Crippen molar-refractivity contribution in [1.29, 1.82) is 0 Å². The summed E-state index contributed by atoms with van der Waals surface area (Å²) >= 11 is 0. The van der Waals surface area contributed by atoms with Crippen LogP contribution in [0.1, 0.15) is 11.1 Å². The predicted molar refractivity (Wildman–Crippen MR) is 83.0 cm³/mol. The lowest BCUT2D eigenvalue weighted by atomic mass is 10.2. The summed E-state index contributed by atoms with van der Waals surface area (Å²) in [5.41, 5.74) is 1.44. The molecule has 1 N–H and O–H groups in total. The van der Waals surface area contributed by atoms with E-state index in [2.05, 4.69) is 4.72 Å². The minimum absolute atomic E-state index is 0.0736. The summed E-state index contributed by atoms with van der Waals surface area (Å²) in [5.74, 6) is 0.233. The Labute approximate surface area is 130 Å². The predicted octanol–water partition coefficient (Wildman–Crippen LogP) is 2.80. The van der Waals surface area contributed by atoms with Gasteiger partial charge in [0.05, 0.1) is 4.90 Å². The lowest BCUT2D eigenvalue weighted by Gasteiger charge is -2.10. The number of ether oxygens (including phenoxy) is 1. The van der Waals surface area contributed by atoms with Gasteiger partial charge < -0.3 is 4.74 Å². The smallest absolute Gasteiger partial charge is 0.240 e. The second kappa shape index (κ2) is 6.89. The third-order valence-corrected chi connectivity index (χ3v) is 4.70. The molecule has 0 unspecified atom stereocenters. The molecule has 0 atom stereocenters. The molecule has 6 heteroatoms. The first-order valence-electron chi connectivity index (χ1n) is 6.84. The Kier molecular flexibility index (Phi) is 5.15. The molecule has 0 spiro atoms. The first-order chi connectivity index (χ1) is 10.4. The van der Waals surface area contributed by atoms with Gasteiger partial charge in [-0.05, 0) is 55.3 Å². The first kappa shape index (κ1) is 16.5. The zero-order valence-electron chi connectivity index (χ0n) is 12.5. The molecular formula is C16H18FNO3S. The van der Waals surface area contributed by atoms with E-state index in [-0.39, 0.29) is 18.0 Å². The van der Waals surface area contributed by atoms with Gasteiger partial charge in [0.1, 0.15) is 18.2 Å². The SMILES string of the molecule is Cc1cccc(OCCNS(=O)(=O)c2ccc(F)cc2C)c1. The number of sulfonamides is 1. The molecule has 118 valence electrons. The highest BCUT2D eigenvalue weighted by atomic mass is 32.2. The van der Waals surface area contributed by atoms with Crippen molar-refractivity contribution < 1.29 is 17.5 Å². The van der Waals surface area contributed by atoms with Crippen LogP contribution < -0.4 is 9.46 Å². The summed E-state index contributed by atoms with van der Waals surface area (Å²) < 4.78 is 45.2. The Morgan fingerprint density at radius 3 is 2.59 bits per heavy atom. The molecule has 0 saturated carbocycles. The van der Waals surface area contributed by atoms with Crippen molar-refractivity contribution in [3.8, 4) is 5.75 Å². The standard InChI is InChI=1S/C16H18FNO3S/c1-12-4-3-5-15(10-12)21-9-8-18-22(19,20)16-7-6-14(17)11-13(16)2/h3-7,10-11,18H,8-9H2,1-2H3. The highest BCUT2D eigenvalue weighted by Crippen LogP contribution is 2.16. The van der Waals surface area contributed by atoms with E-state index in [1.807, 2.05) is 31.2 Å². The van der Waals surface area contributed by atoms with Gasteiger partial charge in [0.15, 0.2) is 0 Å². The lowest BCUT2D eigenvalue weighted by Crippen LogP contribution is -2.28. The average Bonchev–Trinajstić information content (AvgIpc) is 2.43. The van der Waals surface area contributed by atoms with Gasteiger partial charge >= 0.3 is 0 Å². The fourth-order valence-corrected chi connectivity index (χ4v) is 3.28. The molecule has 2 aromatic rings. The lowest BCUT2D eigenvalue weighted by molar-refractivity contribution is 0.322. The molecule has 0 aliphatic carbocycles. The summed E-state index contributed by atoms with van der Waals surface area (Å²) in [4.78, 5) is 0.0736. The zero-order valence-corrected chi connectivity index (χ0v) is 13.3. The van der Waals surface area contributed by atoms with E-state index >= 15 is 0 Å². The van der Waals surface area contributed by atoms with E-state index in [4.69, 9.17) is 4.74 Å². The molecule has 2 rings (SSSR count). The molecule has 0 radical (unpaired) electrons. The van der Waals surface area contributed by atoms with Crippen molar-refractivity contribution in [2.45, 2.75) is 18.7 Å². The van der Waals surface area contributed by atoms with Gasteiger partial charge in [-0.3, -0.25) is 0 Å². The van der Waals surface area contributed by atoms with Gasteiger partial charge in [0.2, 0.25) is 10.0 Å². The van der Waals surface area contributed by atoms with Gasteiger partial charge in [0.25, 0.3) is 0 Å². The Hall–Kier alpha value is -1.92. The van der Waals surface area contributed by atoms with Gasteiger partial charge in [0, 0.05) is 6.54 Å². The highest BCUT2D eigenvalue weighted by molar-refractivity contribution is 7.89. The van der Waals surface area contributed by atoms with Crippen LogP contribution in [0.25, 0.3) is 0 Å². The van der Waals surface area contributed by atoms with Crippen LogP contribution in [0.15, 0.2) is 47.4 Å².